The number of hydrogen-bond acceptors (Lipinski definition) is 2. The Morgan fingerprint density at radius 2 is 1.87 bits per heavy atom. The monoisotopic (exact) mass is 202 g/mol. The van der Waals surface area contributed by atoms with Gasteiger partial charge in [-0.1, -0.05) is 33.3 Å². The molecule has 0 fully saturated rings. The molecule has 1 heterocycles. The highest BCUT2D eigenvalue weighted by Crippen LogP contribution is 2.27. The van der Waals surface area contributed by atoms with Gasteiger partial charge in [0.2, 0.25) is 0 Å². The van der Waals surface area contributed by atoms with E-state index in [9.17, 15) is 0 Å². The average Bonchev–Trinajstić information content (AvgIpc) is 2.59. The largest absolute Gasteiger partial charge is 0.253 e. The zero-order valence-electron chi connectivity index (χ0n) is 9.91. The van der Waals surface area contributed by atoms with E-state index < -0.39 is 0 Å². The molecule has 0 aromatic carbocycles. The number of hydrogen-bond donors (Lipinski definition) is 0. The fourth-order valence-electron chi connectivity index (χ4n) is 1.77. The molecule has 2 heteroatoms. The SMILES string of the molecule is CC(C)C1=Cc2ncc(C(C)C)nc2C1. The van der Waals surface area contributed by atoms with Gasteiger partial charge in [-0.25, -0.2) is 0 Å². The summed E-state index contributed by atoms with van der Waals surface area (Å²) in [4.78, 5) is 9.15. The summed E-state index contributed by atoms with van der Waals surface area (Å²) in [7, 11) is 0. The summed E-state index contributed by atoms with van der Waals surface area (Å²) in [6.07, 6.45) is 5.08. The Hall–Kier alpha value is -1.18. The first-order chi connectivity index (χ1) is 7.08. The predicted molar refractivity (Wildman–Crippen MR) is 62.6 cm³/mol. The van der Waals surface area contributed by atoms with Crippen LogP contribution in [-0.2, 0) is 6.42 Å². The Labute approximate surface area is 91.5 Å². The third-order valence-electron chi connectivity index (χ3n) is 2.92. The van der Waals surface area contributed by atoms with E-state index in [2.05, 4.69) is 43.7 Å². The topological polar surface area (TPSA) is 25.8 Å². The molecule has 0 atom stereocenters. The molecule has 1 aliphatic rings. The van der Waals surface area contributed by atoms with Gasteiger partial charge in [0.15, 0.2) is 0 Å². The summed E-state index contributed by atoms with van der Waals surface area (Å²) >= 11 is 0. The number of allylic oxidation sites excluding steroid dienone is 1. The second kappa shape index (κ2) is 3.76. The van der Waals surface area contributed by atoms with Crippen molar-refractivity contribution in [3.05, 3.63) is 28.9 Å². The van der Waals surface area contributed by atoms with Crippen molar-refractivity contribution in [2.75, 3.05) is 0 Å². The molecule has 0 saturated heterocycles. The molecule has 0 radical (unpaired) electrons. The van der Waals surface area contributed by atoms with E-state index in [1.54, 1.807) is 0 Å². The Morgan fingerprint density at radius 1 is 1.13 bits per heavy atom. The molecule has 1 aromatic rings. The van der Waals surface area contributed by atoms with Gasteiger partial charge >= 0.3 is 0 Å². The maximum Gasteiger partial charge on any atom is 0.0848 e. The molecule has 0 saturated carbocycles. The molecule has 1 aromatic heterocycles. The Bertz CT molecular complexity index is 403. The highest BCUT2D eigenvalue weighted by molar-refractivity contribution is 5.58. The molecule has 0 N–H and O–H groups in total. The summed E-state index contributed by atoms with van der Waals surface area (Å²) in [6.45, 7) is 8.76. The zero-order valence-corrected chi connectivity index (χ0v) is 9.91. The molecule has 15 heavy (non-hydrogen) atoms. The van der Waals surface area contributed by atoms with Crippen molar-refractivity contribution in [2.45, 2.75) is 40.0 Å². The average molecular weight is 202 g/mol. The molecular weight excluding hydrogens is 184 g/mol. The first-order valence-corrected chi connectivity index (χ1v) is 5.64. The Kier molecular flexibility index (Phi) is 2.59. The molecule has 0 unspecified atom stereocenters. The molecular formula is C13H18N2. The van der Waals surface area contributed by atoms with Crippen molar-refractivity contribution in [3.63, 3.8) is 0 Å². The van der Waals surface area contributed by atoms with Crippen LogP contribution in [0.3, 0.4) is 0 Å². The van der Waals surface area contributed by atoms with Crippen LogP contribution in [0.5, 0.6) is 0 Å². The first kappa shape index (κ1) is 10.3. The highest BCUT2D eigenvalue weighted by Gasteiger charge is 2.18. The van der Waals surface area contributed by atoms with Gasteiger partial charge in [-0.15, -0.1) is 0 Å². The lowest BCUT2D eigenvalue weighted by atomic mass is 10.0. The fourth-order valence-corrected chi connectivity index (χ4v) is 1.77. The van der Waals surface area contributed by atoms with Crippen molar-refractivity contribution in [3.8, 4) is 0 Å². The molecule has 2 nitrogen and oxygen atoms in total. The maximum atomic E-state index is 4.67. The standard InChI is InChI=1S/C13H18N2/c1-8(2)10-5-11-12(6-10)15-13(7-14-11)9(3)4/h5,7-9H,6H2,1-4H3. The van der Waals surface area contributed by atoms with Crippen LogP contribution in [0.25, 0.3) is 6.08 Å². The van der Waals surface area contributed by atoms with Crippen LogP contribution in [0.1, 0.15) is 50.7 Å². The van der Waals surface area contributed by atoms with E-state index in [1.807, 2.05) is 6.20 Å². The quantitative estimate of drug-likeness (QED) is 0.736. The van der Waals surface area contributed by atoms with Gasteiger partial charge < -0.3 is 0 Å². The minimum Gasteiger partial charge on any atom is -0.253 e. The molecule has 0 bridgehead atoms. The summed E-state index contributed by atoms with van der Waals surface area (Å²) in [5.74, 6) is 1.06. The van der Waals surface area contributed by atoms with Crippen LogP contribution in [0.15, 0.2) is 11.8 Å². The lowest BCUT2D eigenvalue weighted by Gasteiger charge is -2.06. The van der Waals surface area contributed by atoms with E-state index in [-0.39, 0.29) is 0 Å². The van der Waals surface area contributed by atoms with E-state index in [0.29, 0.717) is 11.8 Å². The summed E-state index contributed by atoms with van der Waals surface area (Å²) in [5, 5.41) is 0. The lowest BCUT2D eigenvalue weighted by molar-refractivity contribution is 0.742. The normalized spacial score (nSPS) is 14.7. The Balaban J connectivity index is 2.31. The van der Waals surface area contributed by atoms with Crippen LogP contribution in [0.4, 0.5) is 0 Å². The maximum absolute atomic E-state index is 4.67. The number of nitrogens with zero attached hydrogens (tertiary/aromatic N) is 2. The third kappa shape index (κ3) is 1.94. The molecule has 1 aliphatic carbocycles. The second-order valence-electron chi connectivity index (χ2n) is 4.83. The zero-order chi connectivity index (χ0) is 11.0. The van der Waals surface area contributed by atoms with Gasteiger partial charge in [0.1, 0.15) is 0 Å². The van der Waals surface area contributed by atoms with E-state index in [1.165, 1.54) is 5.57 Å². The van der Waals surface area contributed by atoms with Gasteiger partial charge in [-0.05, 0) is 17.9 Å². The predicted octanol–water partition coefficient (Wildman–Crippen LogP) is 3.20. The van der Waals surface area contributed by atoms with Gasteiger partial charge in [0.05, 0.1) is 17.1 Å². The van der Waals surface area contributed by atoms with Gasteiger partial charge in [-0.2, -0.15) is 0 Å². The smallest absolute Gasteiger partial charge is 0.0848 e. The van der Waals surface area contributed by atoms with Crippen LogP contribution in [0, 0.1) is 5.92 Å². The lowest BCUT2D eigenvalue weighted by Crippen LogP contribution is -2.01. The van der Waals surface area contributed by atoms with Gasteiger partial charge in [0.25, 0.3) is 0 Å². The molecule has 2 rings (SSSR count). The molecule has 0 spiro atoms. The highest BCUT2D eigenvalue weighted by atomic mass is 14.8. The Morgan fingerprint density at radius 3 is 2.47 bits per heavy atom. The van der Waals surface area contributed by atoms with Crippen LogP contribution in [-0.4, -0.2) is 9.97 Å². The molecule has 80 valence electrons. The van der Waals surface area contributed by atoms with Gasteiger partial charge in [0, 0.05) is 12.6 Å². The van der Waals surface area contributed by atoms with Crippen molar-refractivity contribution in [1.29, 1.82) is 0 Å². The van der Waals surface area contributed by atoms with Gasteiger partial charge in [-0.3, -0.25) is 9.97 Å². The van der Waals surface area contributed by atoms with E-state index in [4.69, 9.17) is 0 Å². The van der Waals surface area contributed by atoms with Crippen LogP contribution >= 0.6 is 0 Å². The summed E-state index contributed by atoms with van der Waals surface area (Å²) < 4.78 is 0. The van der Waals surface area contributed by atoms with Crippen LogP contribution < -0.4 is 0 Å². The summed E-state index contributed by atoms with van der Waals surface area (Å²) in [5.41, 5.74) is 4.78. The van der Waals surface area contributed by atoms with Crippen molar-refractivity contribution >= 4 is 6.08 Å². The molecule has 0 aliphatic heterocycles. The number of fused-ring (bicyclic) bond motifs is 1. The fraction of sp³-hybridized carbons (Fsp3) is 0.538. The van der Waals surface area contributed by atoms with Crippen molar-refractivity contribution < 1.29 is 0 Å². The minimum absolute atomic E-state index is 0.464. The van der Waals surface area contributed by atoms with E-state index >= 15 is 0 Å². The van der Waals surface area contributed by atoms with E-state index in [0.717, 1.165) is 23.5 Å². The number of aromatic nitrogens is 2. The van der Waals surface area contributed by atoms with Crippen molar-refractivity contribution in [2.24, 2.45) is 5.92 Å². The molecule has 0 amide bonds. The first-order valence-electron chi connectivity index (χ1n) is 5.64. The minimum atomic E-state index is 0.464. The second-order valence-corrected chi connectivity index (χ2v) is 4.83. The number of rotatable bonds is 2. The van der Waals surface area contributed by atoms with Crippen molar-refractivity contribution in [1.82, 2.24) is 9.97 Å². The third-order valence-corrected chi connectivity index (χ3v) is 2.92. The summed E-state index contributed by atoms with van der Waals surface area (Å²) in [6, 6.07) is 0. The van der Waals surface area contributed by atoms with Crippen LogP contribution in [0.2, 0.25) is 0 Å².